The van der Waals surface area contributed by atoms with E-state index in [-0.39, 0.29) is 129 Å². The molecule has 0 aliphatic heterocycles. The van der Waals surface area contributed by atoms with Gasteiger partial charge in [-0.2, -0.15) is 16.8 Å². The van der Waals surface area contributed by atoms with Crippen molar-refractivity contribution in [3.8, 4) is 5.75 Å². The Morgan fingerprint density at radius 1 is 0.632 bits per heavy atom. The molecule has 0 atom stereocenters. The molecule has 0 spiro atoms. The Morgan fingerprint density at radius 3 is 1.77 bits per heavy atom. The van der Waals surface area contributed by atoms with Gasteiger partial charge in [-0.05, 0) is 58.6 Å². The van der Waals surface area contributed by atoms with E-state index in [9.17, 15) is 70.5 Å². The number of hydrogen-bond acceptors (Lipinski definition) is 17. The maximum absolute atomic E-state index is 13.8. The van der Waals surface area contributed by atoms with Crippen LogP contribution in [0.4, 0.5) is 17.1 Å². The molecule has 0 amide bonds. The first-order chi connectivity index (χ1) is 24.4. The average molecular weight is 918 g/mol. The number of aliphatic imine (C=N–C) groups is 1. The van der Waals surface area contributed by atoms with Crippen LogP contribution in [0.3, 0.4) is 0 Å². The molecule has 0 saturated carbocycles. The second-order valence-corrected chi connectivity index (χ2v) is 18.6. The van der Waals surface area contributed by atoms with Crippen LogP contribution in [0.1, 0.15) is 5.56 Å². The zero-order chi connectivity index (χ0) is 39.3. The van der Waals surface area contributed by atoms with Gasteiger partial charge in [0.25, 0.3) is 20.2 Å². The Labute approximate surface area is 414 Å². The quantitative estimate of drug-likeness (QED) is 0.0408. The molecule has 2 N–H and O–H groups in total. The fourth-order valence-corrected chi connectivity index (χ4v) is 9.48. The third-order valence-corrected chi connectivity index (χ3v) is 12.6. The van der Waals surface area contributed by atoms with Crippen LogP contribution in [-0.4, -0.2) is 77.7 Å². The van der Waals surface area contributed by atoms with Gasteiger partial charge in [-0.3, -0.25) is 14.1 Å². The summed E-state index contributed by atoms with van der Waals surface area (Å²) in [6.45, 7) is 0. The predicted molar refractivity (Wildman–Crippen MR) is 178 cm³/mol. The fourth-order valence-electron chi connectivity index (χ4n) is 4.95. The molecule has 0 aliphatic carbocycles. The minimum Gasteiger partial charge on any atom is -0.870 e. The number of rotatable bonds is 11. The van der Waals surface area contributed by atoms with Crippen LogP contribution in [-0.2, 0) is 50.3 Å². The standard InChI is InChI=1S/C29H23N3O16S5.4Na/c33-27-25-18(13-20(51(40,41)42)15-23(25)30-29(34)16-4-2-1-3-5-16)14-24(52(43,44)45)26(27)32-31-22-9-6-17-12-19(49(35,36)10-11-50(37,38)39)7-8-21(17)28(22)53(46,47)48;;;;/h1-9,12-15,33H,10-11H2,(H,30,34)(H,37,38,39)(H,40,41,42)(H,43,44,45)(H,46,47,48);;;;/q;4*+1/p-4. The predicted octanol–water partition coefficient (Wildman–Crippen LogP) is -10.3. The summed E-state index contributed by atoms with van der Waals surface area (Å²) in [6.07, 6.45) is 0. The van der Waals surface area contributed by atoms with Crippen molar-refractivity contribution in [3.63, 3.8) is 0 Å². The summed E-state index contributed by atoms with van der Waals surface area (Å²) < 4.78 is 164. The summed E-state index contributed by atoms with van der Waals surface area (Å²) in [5, 5.41) is 32.0. The fraction of sp³-hybridized carbons (Fsp3) is 0.0690. The zero-order valence-corrected chi connectivity index (χ0v) is 42.0. The molecular weight excluding hydrogens is 899 g/mol. The Hall–Kier alpha value is -0.920. The molecule has 0 unspecified atom stereocenters. The minimum atomic E-state index is -5.45. The van der Waals surface area contributed by atoms with E-state index in [2.05, 4.69) is 15.2 Å². The smallest absolute Gasteiger partial charge is 0.870 e. The molecule has 0 heterocycles. The van der Waals surface area contributed by atoms with Gasteiger partial charge in [0.2, 0.25) is 0 Å². The van der Waals surface area contributed by atoms with Crippen molar-refractivity contribution in [2.75, 3.05) is 11.5 Å². The number of benzene rings is 5. The number of azo groups is 1. The maximum atomic E-state index is 13.8. The van der Waals surface area contributed by atoms with Crippen molar-refractivity contribution in [1.29, 1.82) is 0 Å². The van der Waals surface area contributed by atoms with E-state index in [1.54, 1.807) is 6.07 Å². The topological polar surface area (TPSA) is 340 Å². The van der Waals surface area contributed by atoms with E-state index in [1.165, 1.54) is 24.3 Å². The molecule has 0 aromatic heterocycles. The monoisotopic (exact) mass is 917 g/mol. The van der Waals surface area contributed by atoms with Crippen LogP contribution in [0.15, 0.2) is 114 Å². The first-order valence-electron chi connectivity index (χ1n) is 14.1. The SMILES string of the molecule is O=S(=O)([O-])CCS(=O)(=O)c1ccc2c(S(=O)(=O)O)c(N=Nc3c(S(=O)(=O)O)cc4cc(S(=O)(=O)[O-])cc(N=C([O-])c5ccccc5)c4c3[O-])ccc2c1.[Na+].[Na+].[Na+].[Na+]. The second kappa shape index (κ2) is 20.3. The summed E-state index contributed by atoms with van der Waals surface area (Å²) in [6, 6.07) is 13.3. The van der Waals surface area contributed by atoms with Gasteiger partial charge in [-0.25, -0.2) is 25.3 Å². The third-order valence-electron chi connectivity index (χ3n) is 7.29. The van der Waals surface area contributed by atoms with Crippen molar-refractivity contribution in [3.05, 3.63) is 84.4 Å². The van der Waals surface area contributed by atoms with E-state index >= 15 is 0 Å². The van der Waals surface area contributed by atoms with Gasteiger partial charge in [0.15, 0.2) is 9.84 Å². The van der Waals surface area contributed by atoms with Crippen LogP contribution in [0.25, 0.3) is 21.5 Å². The van der Waals surface area contributed by atoms with Crippen LogP contribution in [0.2, 0.25) is 0 Å². The molecule has 0 aliphatic rings. The molecule has 5 rings (SSSR count). The summed E-state index contributed by atoms with van der Waals surface area (Å²) in [7, 11) is -25.4. The number of sulfone groups is 1. The van der Waals surface area contributed by atoms with Crippen LogP contribution < -0.4 is 128 Å². The van der Waals surface area contributed by atoms with Crippen molar-refractivity contribution in [1.82, 2.24) is 0 Å². The van der Waals surface area contributed by atoms with Crippen LogP contribution >= 0.6 is 0 Å². The van der Waals surface area contributed by atoms with Gasteiger partial charge in [-0.1, -0.05) is 48.2 Å². The van der Waals surface area contributed by atoms with Crippen molar-refractivity contribution >= 4 is 94.8 Å². The maximum Gasteiger partial charge on any atom is 1.00 e. The summed E-state index contributed by atoms with van der Waals surface area (Å²) in [4.78, 5) is -0.187. The van der Waals surface area contributed by atoms with Gasteiger partial charge >= 0.3 is 118 Å². The Balaban J connectivity index is 0.00000406. The largest absolute Gasteiger partial charge is 1.00 e. The van der Waals surface area contributed by atoms with Crippen molar-refractivity contribution < 1.29 is 189 Å². The van der Waals surface area contributed by atoms with Gasteiger partial charge in [0, 0.05) is 10.8 Å². The van der Waals surface area contributed by atoms with Crippen LogP contribution in [0.5, 0.6) is 5.75 Å². The van der Waals surface area contributed by atoms with E-state index in [1.807, 2.05) is 0 Å². The van der Waals surface area contributed by atoms with E-state index in [0.29, 0.717) is 18.2 Å². The normalized spacial score (nSPS) is 12.7. The number of nitrogens with zero attached hydrogens (tertiary/aromatic N) is 3. The molecular formula is C29H19N3Na4O16S5. The van der Waals surface area contributed by atoms with Crippen molar-refractivity contribution in [2.45, 2.75) is 19.6 Å². The summed E-state index contributed by atoms with van der Waals surface area (Å²) in [5.41, 5.74) is -2.78. The number of fused-ring (bicyclic) bond motifs is 2. The summed E-state index contributed by atoms with van der Waals surface area (Å²) in [5.74, 6) is -4.86. The molecule has 0 bridgehead atoms. The molecule has 5 aromatic carbocycles. The Bertz CT molecular complexity index is 2990. The third kappa shape index (κ3) is 13.0. The molecule has 0 fully saturated rings. The van der Waals surface area contributed by atoms with E-state index in [4.69, 9.17) is 0 Å². The molecule has 57 heavy (non-hydrogen) atoms. The molecule has 19 nitrogen and oxygen atoms in total. The summed E-state index contributed by atoms with van der Waals surface area (Å²) >= 11 is 0. The molecule has 5 aromatic rings. The van der Waals surface area contributed by atoms with E-state index in [0.717, 1.165) is 30.3 Å². The first kappa shape index (κ1) is 54.1. The Morgan fingerprint density at radius 2 is 1.23 bits per heavy atom. The van der Waals surface area contributed by atoms with Crippen molar-refractivity contribution in [2.24, 2.45) is 15.2 Å². The molecule has 280 valence electrons. The van der Waals surface area contributed by atoms with Gasteiger partial charge in [0.1, 0.15) is 25.6 Å². The zero-order valence-electron chi connectivity index (χ0n) is 29.9. The van der Waals surface area contributed by atoms with Gasteiger partial charge in [-0.15, -0.1) is 10.2 Å². The van der Waals surface area contributed by atoms with Gasteiger partial charge in [0.05, 0.1) is 42.8 Å². The first-order valence-corrected chi connectivity index (χ1v) is 21.6. The minimum absolute atomic E-state index is 0. The Kier molecular flexibility index (Phi) is 19.3. The average Bonchev–Trinajstić information content (AvgIpc) is 3.04. The van der Waals surface area contributed by atoms with Gasteiger partial charge < -0.3 is 19.3 Å². The molecule has 0 radical (unpaired) electrons. The molecule has 28 heteroatoms. The van der Waals surface area contributed by atoms with Crippen LogP contribution in [0, 0.1) is 0 Å². The number of hydrogen-bond donors (Lipinski definition) is 2. The second-order valence-electron chi connectivity index (χ2n) is 10.9. The molecule has 0 saturated heterocycles. The van der Waals surface area contributed by atoms with E-state index < -0.39 is 126 Å².